The summed E-state index contributed by atoms with van der Waals surface area (Å²) in [5.41, 5.74) is 13.3. The average molecular weight is 555 g/mol. The van der Waals surface area contributed by atoms with Crippen molar-refractivity contribution in [3.63, 3.8) is 0 Å². The lowest BCUT2D eigenvalue weighted by Crippen LogP contribution is -2.22. The third-order valence-corrected chi connectivity index (χ3v) is 8.75. The molecule has 0 amide bonds. The molecular weight excluding hydrogens is 512 g/mol. The maximum Gasteiger partial charge on any atom is 0.116 e. The fourth-order valence-electron chi connectivity index (χ4n) is 6.51. The molecule has 0 aromatic heterocycles. The second kappa shape index (κ2) is 10.8. The van der Waals surface area contributed by atoms with Crippen molar-refractivity contribution in [1.82, 2.24) is 0 Å². The van der Waals surface area contributed by atoms with Crippen molar-refractivity contribution in [3.8, 4) is 33.8 Å². The van der Waals surface area contributed by atoms with Crippen molar-refractivity contribution in [1.29, 1.82) is 0 Å². The van der Waals surface area contributed by atoms with E-state index in [1.165, 1.54) is 44.5 Å². The van der Waals surface area contributed by atoms with Crippen LogP contribution in [0.4, 0.5) is 0 Å². The van der Waals surface area contributed by atoms with Crippen LogP contribution in [0.2, 0.25) is 0 Å². The molecule has 2 N–H and O–H groups in total. The van der Waals surface area contributed by atoms with Gasteiger partial charge in [-0.2, -0.15) is 0 Å². The second-order valence-corrected chi connectivity index (χ2v) is 13.0. The summed E-state index contributed by atoms with van der Waals surface area (Å²) in [5.74, 6) is 0.545. The molecule has 0 bridgehead atoms. The predicted octanol–water partition coefficient (Wildman–Crippen LogP) is 10.3. The van der Waals surface area contributed by atoms with Crippen molar-refractivity contribution < 1.29 is 10.2 Å². The van der Waals surface area contributed by atoms with Gasteiger partial charge < -0.3 is 10.2 Å². The molecule has 214 valence electrons. The number of rotatable bonds is 6. The molecule has 2 heteroatoms. The summed E-state index contributed by atoms with van der Waals surface area (Å²) < 4.78 is 0. The van der Waals surface area contributed by atoms with Crippen LogP contribution >= 0.6 is 0 Å². The van der Waals surface area contributed by atoms with Gasteiger partial charge in [0.15, 0.2) is 0 Å². The molecule has 0 atom stereocenters. The van der Waals surface area contributed by atoms with Gasteiger partial charge in [0.1, 0.15) is 11.5 Å². The highest BCUT2D eigenvalue weighted by Crippen LogP contribution is 2.43. The van der Waals surface area contributed by atoms with Crippen LogP contribution in [0.1, 0.15) is 72.2 Å². The predicted molar refractivity (Wildman–Crippen MR) is 177 cm³/mol. The van der Waals surface area contributed by atoms with E-state index >= 15 is 0 Å². The van der Waals surface area contributed by atoms with Gasteiger partial charge in [-0.3, -0.25) is 0 Å². The van der Waals surface area contributed by atoms with Crippen molar-refractivity contribution >= 4 is 0 Å². The van der Waals surface area contributed by atoms with Crippen LogP contribution in [0.15, 0.2) is 97.1 Å². The summed E-state index contributed by atoms with van der Waals surface area (Å²) in [7, 11) is 0. The molecule has 0 aliphatic heterocycles. The molecule has 0 unspecified atom stereocenters. The number of benzene rings is 5. The van der Waals surface area contributed by atoms with E-state index < -0.39 is 0 Å². The van der Waals surface area contributed by atoms with E-state index in [9.17, 15) is 10.2 Å². The van der Waals surface area contributed by atoms with Gasteiger partial charge in [-0.25, -0.2) is 0 Å². The van der Waals surface area contributed by atoms with Crippen LogP contribution < -0.4 is 0 Å². The van der Waals surface area contributed by atoms with Crippen LogP contribution in [-0.4, -0.2) is 10.2 Å². The molecule has 0 spiro atoms. The number of phenols is 2. The summed E-state index contributed by atoms with van der Waals surface area (Å²) in [6.07, 6.45) is 0. The van der Waals surface area contributed by atoms with Gasteiger partial charge in [-0.05, 0) is 96.5 Å². The minimum absolute atomic E-state index is 0.273. The highest BCUT2D eigenvalue weighted by molar-refractivity contribution is 5.74. The van der Waals surface area contributed by atoms with Gasteiger partial charge in [-0.15, -0.1) is 0 Å². The second-order valence-electron chi connectivity index (χ2n) is 13.0. The van der Waals surface area contributed by atoms with Gasteiger partial charge >= 0.3 is 0 Å². The van der Waals surface area contributed by atoms with Crippen molar-refractivity contribution in [2.75, 3.05) is 0 Å². The Kier molecular flexibility index (Phi) is 7.53. The minimum atomic E-state index is -0.299. The fraction of sp³-hybridized carbons (Fsp3) is 0.250. The average Bonchev–Trinajstić information content (AvgIpc) is 2.91. The number of aryl methyl sites for hydroxylation is 4. The molecule has 0 radical (unpaired) electrons. The quantitative estimate of drug-likeness (QED) is 0.219. The maximum absolute atomic E-state index is 10.4. The van der Waals surface area contributed by atoms with E-state index in [0.717, 1.165) is 22.3 Å². The molecule has 0 aliphatic carbocycles. The maximum atomic E-state index is 10.4. The van der Waals surface area contributed by atoms with E-state index in [1.54, 1.807) is 12.1 Å². The Bertz CT molecular complexity index is 1600. The Hall–Kier alpha value is -4.30. The number of hydrogen-bond donors (Lipinski definition) is 2. The molecule has 2 nitrogen and oxygen atoms in total. The Morgan fingerprint density at radius 3 is 1.02 bits per heavy atom. The summed E-state index contributed by atoms with van der Waals surface area (Å²) in [6.45, 7) is 17.5. The minimum Gasteiger partial charge on any atom is -0.508 e. The number of hydrogen-bond acceptors (Lipinski definition) is 2. The fourth-order valence-corrected chi connectivity index (χ4v) is 6.51. The van der Waals surface area contributed by atoms with Gasteiger partial charge in [0.25, 0.3) is 0 Å². The molecule has 5 aromatic rings. The lowest BCUT2D eigenvalue weighted by atomic mass is 9.72. The number of aromatic hydroxyl groups is 2. The lowest BCUT2D eigenvalue weighted by Gasteiger charge is -2.32. The Labute approximate surface area is 251 Å². The molecule has 0 heterocycles. The first kappa shape index (κ1) is 29.2. The van der Waals surface area contributed by atoms with E-state index in [0.29, 0.717) is 0 Å². The van der Waals surface area contributed by atoms with Crippen LogP contribution in [-0.2, 0) is 10.8 Å². The van der Waals surface area contributed by atoms with Gasteiger partial charge in [0.05, 0.1) is 0 Å². The summed E-state index contributed by atoms with van der Waals surface area (Å²) in [6, 6.07) is 33.6. The van der Waals surface area contributed by atoms with E-state index in [-0.39, 0.29) is 22.3 Å². The molecule has 5 aromatic carbocycles. The Morgan fingerprint density at radius 2 is 0.714 bits per heavy atom. The SMILES string of the molecule is Cc1cc(C)cc(-c2cc(O)ccc2C(C)(C)c2ccc(C(C)(C)c3ccc(O)cc3-c3cc(C)cc(C)c3)cc2)c1. The monoisotopic (exact) mass is 554 g/mol. The van der Waals surface area contributed by atoms with Crippen LogP contribution in [0.25, 0.3) is 22.3 Å². The Balaban J connectivity index is 1.56. The van der Waals surface area contributed by atoms with Gasteiger partial charge in [-0.1, -0.05) is 123 Å². The summed E-state index contributed by atoms with van der Waals surface area (Å²) >= 11 is 0. The van der Waals surface area contributed by atoms with Crippen molar-refractivity contribution in [3.05, 3.63) is 142 Å². The largest absolute Gasteiger partial charge is 0.508 e. The summed E-state index contributed by atoms with van der Waals surface area (Å²) in [5, 5.41) is 20.9. The van der Waals surface area contributed by atoms with Gasteiger partial charge in [0.2, 0.25) is 0 Å². The zero-order chi connectivity index (χ0) is 30.4. The third-order valence-electron chi connectivity index (χ3n) is 8.75. The first-order chi connectivity index (χ1) is 19.8. The molecule has 0 saturated carbocycles. The van der Waals surface area contributed by atoms with E-state index in [4.69, 9.17) is 0 Å². The molecule has 0 saturated heterocycles. The van der Waals surface area contributed by atoms with E-state index in [1.807, 2.05) is 12.1 Å². The third kappa shape index (κ3) is 5.59. The topological polar surface area (TPSA) is 40.5 Å². The van der Waals surface area contributed by atoms with Gasteiger partial charge in [0, 0.05) is 10.8 Å². The molecule has 5 rings (SSSR count). The summed E-state index contributed by atoms with van der Waals surface area (Å²) in [4.78, 5) is 0. The highest BCUT2D eigenvalue weighted by atomic mass is 16.3. The molecule has 0 aliphatic rings. The Morgan fingerprint density at radius 1 is 0.405 bits per heavy atom. The lowest BCUT2D eigenvalue weighted by molar-refractivity contribution is 0.474. The standard InChI is InChI=1S/C40H42O2/c1-25-17-26(2)20-29(19-25)35-23-33(41)13-15-37(35)39(5,6)31-9-11-32(12-10-31)40(7,8)38-16-14-34(42)24-36(38)30-21-27(3)18-28(4)22-30/h9-24,41-42H,1-8H3. The normalized spacial score (nSPS) is 12.0. The first-order valence-electron chi connectivity index (χ1n) is 14.7. The van der Waals surface area contributed by atoms with Crippen molar-refractivity contribution in [2.45, 2.75) is 66.2 Å². The number of phenolic OH excluding ortho intramolecular Hbond substituents is 2. The van der Waals surface area contributed by atoms with Crippen LogP contribution in [0, 0.1) is 27.7 Å². The van der Waals surface area contributed by atoms with Crippen molar-refractivity contribution in [2.24, 2.45) is 0 Å². The molecule has 42 heavy (non-hydrogen) atoms. The van der Waals surface area contributed by atoms with E-state index in [2.05, 4.69) is 128 Å². The highest BCUT2D eigenvalue weighted by Gasteiger charge is 2.30. The smallest absolute Gasteiger partial charge is 0.116 e. The molecular formula is C40H42O2. The van der Waals surface area contributed by atoms with Crippen LogP contribution in [0.3, 0.4) is 0 Å². The van der Waals surface area contributed by atoms with Crippen LogP contribution in [0.5, 0.6) is 11.5 Å². The zero-order valence-electron chi connectivity index (χ0n) is 26.1. The molecule has 0 fully saturated rings. The zero-order valence-corrected chi connectivity index (χ0v) is 26.1. The first-order valence-corrected chi connectivity index (χ1v) is 14.7.